The Morgan fingerprint density at radius 1 is 0.976 bits per heavy atom. The Labute approximate surface area is 252 Å². The number of sulfonamides is 1. The number of aryl methyl sites for hydroxylation is 1. The Morgan fingerprint density at radius 3 is 2.32 bits per heavy atom. The molecule has 1 saturated carbocycles. The lowest BCUT2D eigenvalue weighted by Gasteiger charge is -2.34. The molecule has 1 aliphatic carbocycles. The quantitative estimate of drug-likeness (QED) is 0.272. The van der Waals surface area contributed by atoms with Gasteiger partial charge in [0.2, 0.25) is 11.8 Å². The number of hydrogen-bond acceptors (Lipinski definition) is 4. The van der Waals surface area contributed by atoms with Gasteiger partial charge in [0.25, 0.3) is 10.0 Å². The number of anilines is 1. The summed E-state index contributed by atoms with van der Waals surface area (Å²) < 4.78 is 28.8. The van der Waals surface area contributed by atoms with E-state index in [-0.39, 0.29) is 39.1 Å². The van der Waals surface area contributed by atoms with Gasteiger partial charge in [0.05, 0.1) is 20.6 Å². The minimum atomic E-state index is -4.23. The summed E-state index contributed by atoms with van der Waals surface area (Å²) in [4.78, 5) is 29.2. The fourth-order valence-corrected chi connectivity index (χ4v) is 7.11. The molecule has 1 fully saturated rings. The SMILES string of the molecule is CC[C@H](C(=O)NC1CCCC1)N(Cc1cccc(C)c1)C(=O)CN(c1cccc(Cl)c1Cl)S(=O)(=O)c1ccccc1. The minimum Gasteiger partial charge on any atom is -0.352 e. The van der Waals surface area contributed by atoms with E-state index in [1.807, 2.05) is 38.1 Å². The van der Waals surface area contributed by atoms with Crippen LogP contribution in [0.5, 0.6) is 0 Å². The van der Waals surface area contributed by atoms with E-state index in [1.54, 1.807) is 30.3 Å². The first-order chi connectivity index (χ1) is 19.6. The highest BCUT2D eigenvalue weighted by molar-refractivity contribution is 7.92. The van der Waals surface area contributed by atoms with Crippen LogP contribution in [-0.4, -0.2) is 43.8 Å². The average Bonchev–Trinajstić information content (AvgIpc) is 3.46. The summed E-state index contributed by atoms with van der Waals surface area (Å²) in [5.41, 5.74) is 1.93. The number of rotatable bonds is 11. The van der Waals surface area contributed by atoms with E-state index in [1.165, 1.54) is 23.1 Å². The maximum absolute atomic E-state index is 14.2. The van der Waals surface area contributed by atoms with Crippen LogP contribution in [0.2, 0.25) is 10.0 Å². The highest BCUT2D eigenvalue weighted by Crippen LogP contribution is 2.35. The molecule has 1 atom stereocenters. The summed E-state index contributed by atoms with van der Waals surface area (Å²) in [6, 6.07) is 19.5. The second-order valence-electron chi connectivity index (χ2n) is 10.3. The molecule has 3 aromatic rings. The first-order valence-electron chi connectivity index (χ1n) is 13.8. The molecule has 0 radical (unpaired) electrons. The predicted molar refractivity (Wildman–Crippen MR) is 164 cm³/mol. The van der Waals surface area contributed by atoms with E-state index in [2.05, 4.69) is 5.32 Å². The monoisotopic (exact) mass is 615 g/mol. The van der Waals surface area contributed by atoms with Crippen LogP contribution in [0.4, 0.5) is 5.69 Å². The molecule has 41 heavy (non-hydrogen) atoms. The zero-order valence-corrected chi connectivity index (χ0v) is 25.6. The third-order valence-electron chi connectivity index (χ3n) is 7.33. The first kappa shape index (κ1) is 30.9. The summed E-state index contributed by atoms with van der Waals surface area (Å²) in [7, 11) is -4.23. The van der Waals surface area contributed by atoms with Crippen molar-refractivity contribution in [2.45, 2.75) is 69.5 Å². The van der Waals surface area contributed by atoms with Crippen LogP contribution in [0, 0.1) is 6.92 Å². The Bertz CT molecular complexity index is 1480. The van der Waals surface area contributed by atoms with Gasteiger partial charge in [-0.2, -0.15) is 0 Å². The van der Waals surface area contributed by atoms with E-state index in [0.29, 0.717) is 6.42 Å². The number of halogens is 2. The van der Waals surface area contributed by atoms with Crippen molar-refractivity contribution >= 4 is 50.7 Å². The number of amides is 2. The van der Waals surface area contributed by atoms with Gasteiger partial charge in [0.1, 0.15) is 12.6 Å². The largest absolute Gasteiger partial charge is 0.352 e. The number of hydrogen-bond donors (Lipinski definition) is 1. The molecule has 2 amide bonds. The van der Waals surface area contributed by atoms with Gasteiger partial charge in [-0.05, 0) is 56.0 Å². The second kappa shape index (κ2) is 13.7. The van der Waals surface area contributed by atoms with Crippen molar-refractivity contribution in [3.8, 4) is 0 Å². The number of nitrogens with one attached hydrogen (secondary N) is 1. The van der Waals surface area contributed by atoms with Gasteiger partial charge in [-0.15, -0.1) is 0 Å². The maximum Gasteiger partial charge on any atom is 0.264 e. The Kier molecular flexibility index (Phi) is 10.3. The van der Waals surface area contributed by atoms with Crippen LogP contribution in [0.25, 0.3) is 0 Å². The number of nitrogens with zero attached hydrogens (tertiary/aromatic N) is 2. The van der Waals surface area contributed by atoms with Crippen molar-refractivity contribution in [1.29, 1.82) is 0 Å². The lowest BCUT2D eigenvalue weighted by Crippen LogP contribution is -2.53. The van der Waals surface area contributed by atoms with E-state index in [9.17, 15) is 18.0 Å². The first-order valence-corrected chi connectivity index (χ1v) is 16.0. The number of benzene rings is 3. The zero-order valence-electron chi connectivity index (χ0n) is 23.2. The molecule has 0 saturated heterocycles. The fourth-order valence-electron chi connectivity index (χ4n) is 5.21. The molecule has 0 unspecified atom stereocenters. The summed E-state index contributed by atoms with van der Waals surface area (Å²) in [5.74, 6) is -0.769. The molecule has 0 heterocycles. The van der Waals surface area contributed by atoms with E-state index < -0.39 is 28.5 Å². The summed E-state index contributed by atoms with van der Waals surface area (Å²) in [6.07, 6.45) is 4.29. The number of carbonyl (C=O) groups excluding carboxylic acids is 2. The van der Waals surface area contributed by atoms with Gasteiger partial charge in [-0.1, -0.05) is 97.1 Å². The summed E-state index contributed by atoms with van der Waals surface area (Å²) in [6.45, 7) is 3.37. The van der Waals surface area contributed by atoms with Gasteiger partial charge < -0.3 is 10.2 Å². The maximum atomic E-state index is 14.2. The third-order valence-corrected chi connectivity index (χ3v) is 9.92. The van der Waals surface area contributed by atoms with Crippen molar-refractivity contribution in [3.63, 3.8) is 0 Å². The van der Waals surface area contributed by atoms with Gasteiger partial charge in [-0.3, -0.25) is 13.9 Å². The van der Waals surface area contributed by atoms with Crippen LogP contribution < -0.4 is 9.62 Å². The standard InChI is InChI=1S/C31H35Cl2N3O4S/c1-3-27(31(38)34-24-13-7-8-14-24)35(20-23-12-9-11-22(2)19-23)29(37)21-36(28-18-10-17-26(32)30(28)33)41(39,40)25-15-5-4-6-16-25/h4-6,9-12,15-19,24,27H,3,7-8,13-14,20-21H2,1-2H3,(H,34,38)/t27-/m1/s1. The molecule has 1 aliphatic rings. The molecule has 10 heteroatoms. The lowest BCUT2D eigenvalue weighted by molar-refractivity contribution is -0.140. The normalized spacial score (nSPS) is 14.4. The molecule has 218 valence electrons. The predicted octanol–water partition coefficient (Wildman–Crippen LogP) is 6.36. The fraction of sp³-hybridized carbons (Fsp3) is 0.355. The van der Waals surface area contributed by atoms with Crippen molar-refractivity contribution < 1.29 is 18.0 Å². The molecule has 1 N–H and O–H groups in total. The molecule has 0 aliphatic heterocycles. The molecule has 7 nitrogen and oxygen atoms in total. The smallest absolute Gasteiger partial charge is 0.264 e. The molecule has 0 spiro atoms. The summed E-state index contributed by atoms with van der Waals surface area (Å²) >= 11 is 12.8. The molecule has 0 bridgehead atoms. The molecule has 0 aromatic heterocycles. The van der Waals surface area contributed by atoms with Gasteiger partial charge >= 0.3 is 0 Å². The Balaban J connectivity index is 1.74. The van der Waals surface area contributed by atoms with Crippen LogP contribution >= 0.6 is 23.2 Å². The van der Waals surface area contributed by atoms with Crippen LogP contribution in [0.3, 0.4) is 0 Å². The molecule has 4 rings (SSSR count). The van der Waals surface area contributed by atoms with Crippen molar-refractivity contribution in [2.75, 3.05) is 10.8 Å². The van der Waals surface area contributed by atoms with Gasteiger partial charge in [0, 0.05) is 12.6 Å². The molecule has 3 aromatic carbocycles. The van der Waals surface area contributed by atoms with E-state index >= 15 is 0 Å². The lowest BCUT2D eigenvalue weighted by atomic mass is 10.1. The minimum absolute atomic E-state index is 0.0000873. The Morgan fingerprint density at radius 2 is 1.66 bits per heavy atom. The van der Waals surface area contributed by atoms with Gasteiger partial charge in [0.15, 0.2) is 0 Å². The van der Waals surface area contributed by atoms with Crippen molar-refractivity contribution in [1.82, 2.24) is 10.2 Å². The third kappa shape index (κ3) is 7.42. The van der Waals surface area contributed by atoms with E-state index in [0.717, 1.165) is 41.1 Å². The number of carbonyl (C=O) groups is 2. The topological polar surface area (TPSA) is 86.8 Å². The highest BCUT2D eigenvalue weighted by Gasteiger charge is 2.35. The van der Waals surface area contributed by atoms with E-state index in [4.69, 9.17) is 23.2 Å². The van der Waals surface area contributed by atoms with Crippen LogP contribution in [0.1, 0.15) is 50.2 Å². The average molecular weight is 617 g/mol. The Hall–Kier alpha value is -3.07. The van der Waals surface area contributed by atoms with Crippen molar-refractivity contribution in [3.05, 3.63) is 94.0 Å². The highest BCUT2D eigenvalue weighted by atomic mass is 35.5. The summed E-state index contributed by atoms with van der Waals surface area (Å²) in [5, 5.41) is 3.28. The van der Waals surface area contributed by atoms with Crippen LogP contribution in [0.15, 0.2) is 77.7 Å². The van der Waals surface area contributed by atoms with Gasteiger partial charge in [-0.25, -0.2) is 8.42 Å². The second-order valence-corrected chi connectivity index (χ2v) is 13.0. The van der Waals surface area contributed by atoms with Crippen LogP contribution in [-0.2, 0) is 26.2 Å². The molecular formula is C31H35Cl2N3O4S. The molecular weight excluding hydrogens is 581 g/mol. The van der Waals surface area contributed by atoms with Crippen molar-refractivity contribution in [2.24, 2.45) is 0 Å². The zero-order chi connectivity index (χ0) is 29.6.